The molecule has 8 heteroatoms. The molecule has 0 aliphatic carbocycles. The summed E-state index contributed by atoms with van der Waals surface area (Å²) in [7, 11) is 0. The largest absolute Gasteiger partial charge is 0.451 e. The Morgan fingerprint density at radius 1 is 1.07 bits per heavy atom. The van der Waals surface area contributed by atoms with E-state index in [1.807, 2.05) is 17.5 Å². The second-order valence-electron chi connectivity index (χ2n) is 5.86. The number of nitrogens with one attached hydrogen (secondary N) is 1. The van der Waals surface area contributed by atoms with E-state index < -0.39 is 24.5 Å². The zero-order valence-corrected chi connectivity index (χ0v) is 16.4. The maximum Gasteiger partial charge on any atom is 0.348 e. The van der Waals surface area contributed by atoms with Crippen LogP contribution in [0.4, 0.5) is 4.39 Å². The van der Waals surface area contributed by atoms with Crippen LogP contribution >= 0.6 is 22.7 Å². The number of halogens is 1. The Hall–Kier alpha value is -2.84. The molecule has 1 atom stereocenters. The van der Waals surface area contributed by atoms with Gasteiger partial charge >= 0.3 is 5.97 Å². The van der Waals surface area contributed by atoms with Crippen LogP contribution in [0.3, 0.4) is 0 Å². The first-order valence-corrected chi connectivity index (χ1v) is 10.00. The third-order valence-electron chi connectivity index (χ3n) is 3.82. The Morgan fingerprint density at radius 2 is 1.79 bits per heavy atom. The van der Waals surface area contributed by atoms with E-state index in [2.05, 4.69) is 5.32 Å². The number of benzene rings is 1. The van der Waals surface area contributed by atoms with Crippen molar-refractivity contribution in [1.29, 1.82) is 0 Å². The number of carbonyl (C=O) groups is 3. The van der Waals surface area contributed by atoms with E-state index in [0.29, 0.717) is 10.4 Å². The Balaban J connectivity index is 1.64. The van der Waals surface area contributed by atoms with Crippen LogP contribution < -0.4 is 5.32 Å². The third kappa shape index (κ3) is 4.90. The molecule has 0 fully saturated rings. The van der Waals surface area contributed by atoms with E-state index in [1.165, 1.54) is 36.5 Å². The van der Waals surface area contributed by atoms with Crippen molar-refractivity contribution in [3.8, 4) is 0 Å². The number of carbonyl (C=O) groups excluding carboxylic acids is 3. The smallest absolute Gasteiger partial charge is 0.348 e. The van der Waals surface area contributed by atoms with Gasteiger partial charge in [-0.2, -0.15) is 0 Å². The van der Waals surface area contributed by atoms with Crippen LogP contribution in [-0.2, 0) is 9.53 Å². The number of rotatable bonds is 7. The van der Waals surface area contributed by atoms with Crippen LogP contribution in [-0.4, -0.2) is 24.3 Å². The molecule has 2 heterocycles. The Labute approximate surface area is 168 Å². The van der Waals surface area contributed by atoms with Crippen LogP contribution in [0.5, 0.6) is 0 Å². The maximum absolute atomic E-state index is 13.2. The van der Waals surface area contributed by atoms with Crippen LogP contribution in [0.25, 0.3) is 0 Å². The standard InChI is InChI=1S/C20H16FNO4S2/c1-12(23)15-8-9-17(28-15)20(25)26-11-18(24)22-19(16-3-2-10-27-16)13-4-6-14(21)7-5-13/h2-10,19H,11H2,1H3,(H,22,24). The van der Waals surface area contributed by atoms with Crippen LogP contribution in [0.1, 0.15) is 42.7 Å². The lowest BCUT2D eigenvalue weighted by molar-refractivity contribution is -0.124. The van der Waals surface area contributed by atoms with Gasteiger partial charge in [0, 0.05) is 4.88 Å². The molecule has 1 amide bonds. The summed E-state index contributed by atoms with van der Waals surface area (Å²) in [6, 6.07) is 12.1. The first-order valence-electron chi connectivity index (χ1n) is 8.30. The normalized spacial score (nSPS) is 11.6. The molecular weight excluding hydrogens is 401 g/mol. The van der Waals surface area contributed by atoms with Gasteiger partial charge in [-0.3, -0.25) is 9.59 Å². The van der Waals surface area contributed by atoms with Gasteiger partial charge < -0.3 is 10.1 Å². The van der Waals surface area contributed by atoms with Gasteiger partial charge in [0.1, 0.15) is 10.7 Å². The zero-order chi connectivity index (χ0) is 20.1. The van der Waals surface area contributed by atoms with E-state index in [0.717, 1.165) is 16.2 Å². The van der Waals surface area contributed by atoms with Crippen molar-refractivity contribution in [3.05, 3.63) is 79.9 Å². The molecule has 0 saturated heterocycles. The van der Waals surface area contributed by atoms with E-state index in [-0.39, 0.29) is 16.5 Å². The fourth-order valence-corrected chi connectivity index (χ4v) is 4.07. The molecule has 28 heavy (non-hydrogen) atoms. The fraction of sp³-hybridized carbons (Fsp3) is 0.150. The minimum atomic E-state index is -0.665. The van der Waals surface area contributed by atoms with Crippen LogP contribution in [0.15, 0.2) is 53.9 Å². The highest BCUT2D eigenvalue weighted by Crippen LogP contribution is 2.26. The topological polar surface area (TPSA) is 72.5 Å². The summed E-state index contributed by atoms with van der Waals surface area (Å²) in [6.45, 7) is 0.948. The number of thiophene rings is 2. The molecule has 0 saturated carbocycles. The average molecular weight is 417 g/mol. The number of ether oxygens (including phenoxy) is 1. The molecule has 1 unspecified atom stereocenters. The molecule has 0 radical (unpaired) electrons. The van der Waals surface area contributed by atoms with Crippen LogP contribution in [0, 0.1) is 5.82 Å². The molecule has 0 aliphatic heterocycles. The quantitative estimate of drug-likeness (QED) is 0.462. The molecule has 0 spiro atoms. The number of esters is 1. The first kappa shape index (κ1) is 19.9. The summed E-state index contributed by atoms with van der Waals surface area (Å²) in [6.07, 6.45) is 0. The molecule has 3 aromatic rings. The van der Waals surface area contributed by atoms with Crippen LogP contribution in [0.2, 0.25) is 0 Å². The zero-order valence-electron chi connectivity index (χ0n) is 14.8. The minimum absolute atomic E-state index is 0.139. The van der Waals surface area contributed by atoms with Gasteiger partial charge in [0.05, 0.1) is 10.9 Å². The minimum Gasteiger partial charge on any atom is -0.451 e. The van der Waals surface area contributed by atoms with Crippen molar-refractivity contribution in [2.75, 3.05) is 6.61 Å². The lowest BCUT2D eigenvalue weighted by Crippen LogP contribution is -2.32. The lowest BCUT2D eigenvalue weighted by atomic mass is 10.1. The van der Waals surface area contributed by atoms with Crippen molar-refractivity contribution >= 4 is 40.3 Å². The summed E-state index contributed by atoms with van der Waals surface area (Å²) < 4.78 is 18.3. The molecule has 1 N–H and O–H groups in total. The van der Waals surface area contributed by atoms with Gasteiger partial charge in [-0.05, 0) is 48.2 Å². The van der Waals surface area contributed by atoms with E-state index in [1.54, 1.807) is 18.2 Å². The van der Waals surface area contributed by atoms with E-state index >= 15 is 0 Å². The summed E-state index contributed by atoms with van der Waals surface area (Å²) in [5.74, 6) is -1.66. The van der Waals surface area contributed by atoms with Gasteiger partial charge in [-0.25, -0.2) is 9.18 Å². The summed E-state index contributed by atoms with van der Waals surface area (Å²) in [5.41, 5.74) is 0.716. The van der Waals surface area contributed by atoms with Crippen molar-refractivity contribution in [1.82, 2.24) is 5.32 Å². The highest BCUT2D eigenvalue weighted by atomic mass is 32.1. The average Bonchev–Trinajstić information content (AvgIpc) is 3.37. The van der Waals surface area contributed by atoms with Crippen molar-refractivity contribution < 1.29 is 23.5 Å². The number of amides is 1. The molecule has 144 valence electrons. The van der Waals surface area contributed by atoms with Crippen molar-refractivity contribution in [2.45, 2.75) is 13.0 Å². The summed E-state index contributed by atoms with van der Waals surface area (Å²) in [5, 5.41) is 4.68. The predicted molar refractivity (Wildman–Crippen MR) is 105 cm³/mol. The highest BCUT2D eigenvalue weighted by Gasteiger charge is 2.20. The fourth-order valence-electron chi connectivity index (χ4n) is 2.47. The summed E-state index contributed by atoms with van der Waals surface area (Å²) in [4.78, 5) is 37.3. The molecule has 1 aromatic carbocycles. The first-order chi connectivity index (χ1) is 13.4. The SMILES string of the molecule is CC(=O)c1ccc(C(=O)OCC(=O)NC(c2ccc(F)cc2)c2cccs2)s1. The molecule has 2 aromatic heterocycles. The second-order valence-corrected chi connectivity index (χ2v) is 7.93. The Morgan fingerprint density at radius 3 is 2.39 bits per heavy atom. The third-order valence-corrected chi connectivity index (χ3v) is 5.93. The molecular formula is C20H16FNO4S2. The van der Waals surface area contributed by atoms with Gasteiger partial charge in [-0.1, -0.05) is 18.2 Å². The van der Waals surface area contributed by atoms with E-state index in [4.69, 9.17) is 4.74 Å². The Kier molecular flexibility index (Phi) is 6.33. The summed E-state index contributed by atoms with van der Waals surface area (Å²) >= 11 is 2.47. The molecule has 5 nitrogen and oxygen atoms in total. The molecule has 0 bridgehead atoms. The molecule has 0 aliphatic rings. The predicted octanol–water partition coefficient (Wildman–Crippen LogP) is 4.21. The van der Waals surface area contributed by atoms with Gasteiger partial charge in [0.2, 0.25) is 0 Å². The molecule has 3 rings (SSSR count). The van der Waals surface area contributed by atoms with Gasteiger partial charge in [-0.15, -0.1) is 22.7 Å². The maximum atomic E-state index is 13.2. The monoisotopic (exact) mass is 417 g/mol. The number of hydrogen-bond donors (Lipinski definition) is 1. The number of hydrogen-bond acceptors (Lipinski definition) is 6. The van der Waals surface area contributed by atoms with Crippen molar-refractivity contribution in [2.24, 2.45) is 0 Å². The number of Topliss-reactive ketones (excluding diaryl/α,β-unsaturated/α-hetero) is 1. The lowest BCUT2D eigenvalue weighted by Gasteiger charge is -2.18. The highest BCUT2D eigenvalue weighted by molar-refractivity contribution is 7.15. The second kappa shape index (κ2) is 8.90. The van der Waals surface area contributed by atoms with Crippen molar-refractivity contribution in [3.63, 3.8) is 0 Å². The van der Waals surface area contributed by atoms with Gasteiger partial charge in [0.25, 0.3) is 5.91 Å². The Bertz CT molecular complexity index is 980. The van der Waals surface area contributed by atoms with E-state index in [9.17, 15) is 18.8 Å². The van der Waals surface area contributed by atoms with Gasteiger partial charge in [0.15, 0.2) is 12.4 Å². The number of ketones is 1.